The van der Waals surface area contributed by atoms with E-state index < -0.39 is 18.1 Å². The normalized spacial score (nSPS) is 9.22. The van der Waals surface area contributed by atoms with Gasteiger partial charge in [-0.15, -0.1) is 0 Å². The lowest BCUT2D eigenvalue weighted by Gasteiger charge is -1.95. The van der Waals surface area contributed by atoms with Crippen LogP contribution < -0.4 is 11.5 Å². The lowest BCUT2D eigenvalue weighted by Crippen LogP contribution is -2.23. The van der Waals surface area contributed by atoms with E-state index in [1.165, 1.54) is 0 Å². The number of alkyl halides is 2. The summed E-state index contributed by atoms with van der Waals surface area (Å²) in [5.41, 5.74) is 8.91. The third-order valence-corrected chi connectivity index (χ3v) is 0.525. The summed E-state index contributed by atoms with van der Waals surface area (Å²) < 4.78 is 22.9. The van der Waals surface area contributed by atoms with Gasteiger partial charge in [0.15, 0.2) is 5.96 Å². The number of rotatable bonds is 2. The molecule has 0 bridgehead atoms. The molecule has 0 saturated heterocycles. The van der Waals surface area contributed by atoms with Gasteiger partial charge in [-0.2, -0.15) is 0 Å². The van der Waals surface area contributed by atoms with Crippen LogP contribution in [0.4, 0.5) is 8.78 Å². The average Bonchev–Trinajstić information content (AvgIpc) is 1.63. The third-order valence-electron chi connectivity index (χ3n) is 0.525. The van der Waals surface area contributed by atoms with Gasteiger partial charge in [0, 0.05) is 0 Å². The predicted molar refractivity (Wildman–Crippen MR) is 31.0 cm³/mol. The Morgan fingerprint density at radius 1 is 1.44 bits per heavy atom. The molecular weight excluding hydrogens is 128 g/mol. The van der Waals surface area contributed by atoms with Crippen molar-refractivity contribution in [3.05, 3.63) is 12.3 Å². The van der Waals surface area contributed by atoms with Crippen LogP contribution in [-0.2, 0) is 0 Å². The van der Waals surface area contributed by atoms with Gasteiger partial charge in [-0.1, -0.05) is 6.58 Å². The van der Waals surface area contributed by atoms with Gasteiger partial charge in [-0.05, 0) is 0 Å². The maximum absolute atomic E-state index is 11.5. The summed E-state index contributed by atoms with van der Waals surface area (Å²) in [6.07, 6.45) is -2.69. The number of allylic oxidation sites excluding steroid dienone is 1. The van der Waals surface area contributed by atoms with Crippen LogP contribution in [0.15, 0.2) is 17.3 Å². The molecule has 0 aliphatic rings. The molecule has 9 heavy (non-hydrogen) atoms. The van der Waals surface area contributed by atoms with Gasteiger partial charge in [-0.3, -0.25) is 0 Å². The summed E-state index contributed by atoms with van der Waals surface area (Å²) in [6.45, 7) is 2.90. The number of halogens is 2. The molecule has 0 fully saturated rings. The number of hydrogen-bond acceptors (Lipinski definition) is 1. The molecule has 4 N–H and O–H groups in total. The van der Waals surface area contributed by atoms with Crippen molar-refractivity contribution in [3.8, 4) is 0 Å². The lowest BCUT2D eigenvalue weighted by atomic mass is 10.5. The van der Waals surface area contributed by atoms with Crippen LogP contribution in [0.25, 0.3) is 0 Å². The summed E-state index contributed by atoms with van der Waals surface area (Å²) in [6, 6.07) is 0. The van der Waals surface area contributed by atoms with Crippen molar-refractivity contribution in [1.82, 2.24) is 0 Å². The summed E-state index contributed by atoms with van der Waals surface area (Å²) in [5, 5.41) is 0. The quantitative estimate of drug-likeness (QED) is 0.414. The standard InChI is InChI=1S/C4H7F2N3/c1-2(3(5)6)9-4(7)8/h3H,1H2,(H4,7,8,9). The maximum atomic E-state index is 11.5. The predicted octanol–water partition coefficient (Wildman–Crippen LogP) is 0.0386. The number of aliphatic imine (C=N–C) groups is 1. The monoisotopic (exact) mass is 135 g/mol. The Kier molecular flexibility index (Phi) is 2.63. The van der Waals surface area contributed by atoms with E-state index in [2.05, 4.69) is 11.6 Å². The van der Waals surface area contributed by atoms with Gasteiger partial charge in [0.25, 0.3) is 6.43 Å². The van der Waals surface area contributed by atoms with Gasteiger partial charge in [0.1, 0.15) is 5.70 Å². The van der Waals surface area contributed by atoms with Crippen LogP contribution in [0.3, 0.4) is 0 Å². The highest BCUT2D eigenvalue weighted by molar-refractivity contribution is 5.76. The van der Waals surface area contributed by atoms with E-state index in [-0.39, 0.29) is 0 Å². The van der Waals surface area contributed by atoms with Crippen molar-refractivity contribution in [2.45, 2.75) is 6.43 Å². The Morgan fingerprint density at radius 3 is 2.00 bits per heavy atom. The van der Waals surface area contributed by atoms with Crippen molar-refractivity contribution in [2.75, 3.05) is 0 Å². The zero-order valence-electron chi connectivity index (χ0n) is 4.64. The second kappa shape index (κ2) is 3.01. The summed E-state index contributed by atoms with van der Waals surface area (Å²) in [4.78, 5) is 3.00. The molecule has 0 aliphatic heterocycles. The van der Waals surface area contributed by atoms with Crippen molar-refractivity contribution >= 4 is 5.96 Å². The van der Waals surface area contributed by atoms with E-state index in [1.54, 1.807) is 0 Å². The molecule has 0 aromatic rings. The number of nitrogens with two attached hydrogens (primary N) is 2. The average molecular weight is 135 g/mol. The number of guanidine groups is 1. The second-order valence-electron chi connectivity index (χ2n) is 1.33. The molecule has 0 atom stereocenters. The molecule has 0 aliphatic carbocycles. The van der Waals surface area contributed by atoms with E-state index in [9.17, 15) is 8.78 Å². The molecule has 0 radical (unpaired) electrons. The van der Waals surface area contributed by atoms with Gasteiger partial charge in [0.05, 0.1) is 0 Å². The molecule has 0 spiro atoms. The van der Waals surface area contributed by atoms with Crippen LogP contribution in [0, 0.1) is 0 Å². The molecule has 0 rings (SSSR count). The van der Waals surface area contributed by atoms with Crippen LogP contribution >= 0.6 is 0 Å². The highest BCUT2D eigenvalue weighted by Crippen LogP contribution is 2.05. The summed E-state index contributed by atoms with van der Waals surface area (Å²) in [7, 11) is 0. The molecule has 52 valence electrons. The third kappa shape index (κ3) is 3.45. The SMILES string of the molecule is C=C(N=C(N)N)C(F)F. The van der Waals surface area contributed by atoms with Gasteiger partial charge >= 0.3 is 0 Å². The number of hydrogen-bond donors (Lipinski definition) is 2. The first-order chi connectivity index (χ1) is 4.04. The Labute approximate surface area is 51.1 Å². The molecule has 0 amide bonds. The minimum absolute atomic E-state index is 0.402. The first kappa shape index (κ1) is 7.87. The molecule has 3 nitrogen and oxygen atoms in total. The number of nitrogens with zero attached hydrogens (tertiary/aromatic N) is 1. The largest absolute Gasteiger partial charge is 0.370 e. The molecular formula is C4H7F2N3. The first-order valence-electron chi connectivity index (χ1n) is 2.10. The highest BCUT2D eigenvalue weighted by atomic mass is 19.3. The Bertz CT molecular complexity index is 137. The van der Waals surface area contributed by atoms with E-state index in [1.807, 2.05) is 0 Å². The summed E-state index contributed by atoms with van der Waals surface area (Å²) >= 11 is 0. The molecule has 0 aromatic heterocycles. The van der Waals surface area contributed by atoms with Crippen molar-refractivity contribution in [2.24, 2.45) is 16.5 Å². The van der Waals surface area contributed by atoms with E-state index in [0.29, 0.717) is 0 Å². The summed E-state index contributed by atoms with van der Waals surface area (Å²) in [5.74, 6) is -0.402. The fourth-order valence-corrected chi connectivity index (χ4v) is 0.215. The smallest absolute Gasteiger partial charge is 0.279 e. The van der Waals surface area contributed by atoms with Gasteiger partial charge in [0.2, 0.25) is 0 Å². The van der Waals surface area contributed by atoms with Crippen LogP contribution in [0.5, 0.6) is 0 Å². The Balaban J connectivity index is 3.93. The molecule has 0 unspecified atom stereocenters. The minimum Gasteiger partial charge on any atom is -0.370 e. The molecule has 5 heteroatoms. The highest BCUT2D eigenvalue weighted by Gasteiger charge is 2.05. The fraction of sp³-hybridized carbons (Fsp3) is 0.250. The maximum Gasteiger partial charge on any atom is 0.279 e. The van der Waals surface area contributed by atoms with E-state index >= 15 is 0 Å². The van der Waals surface area contributed by atoms with Gasteiger partial charge < -0.3 is 11.5 Å². The van der Waals surface area contributed by atoms with E-state index in [4.69, 9.17) is 11.5 Å². The Hall–Kier alpha value is -1.13. The molecule has 0 heterocycles. The van der Waals surface area contributed by atoms with Crippen molar-refractivity contribution < 1.29 is 8.78 Å². The minimum atomic E-state index is -2.69. The molecule has 0 aromatic carbocycles. The molecule has 0 saturated carbocycles. The Morgan fingerprint density at radius 2 is 1.89 bits per heavy atom. The van der Waals surface area contributed by atoms with Crippen LogP contribution in [0.2, 0.25) is 0 Å². The zero-order valence-corrected chi connectivity index (χ0v) is 4.64. The van der Waals surface area contributed by atoms with Crippen molar-refractivity contribution in [1.29, 1.82) is 0 Å². The fourth-order valence-electron chi connectivity index (χ4n) is 0.215. The lowest BCUT2D eigenvalue weighted by molar-refractivity contribution is 0.189. The second-order valence-corrected chi connectivity index (χ2v) is 1.33. The van der Waals surface area contributed by atoms with E-state index in [0.717, 1.165) is 0 Å². The van der Waals surface area contributed by atoms with Gasteiger partial charge in [-0.25, -0.2) is 13.8 Å². The van der Waals surface area contributed by atoms with Crippen molar-refractivity contribution in [3.63, 3.8) is 0 Å². The topological polar surface area (TPSA) is 64.4 Å². The first-order valence-corrected chi connectivity index (χ1v) is 2.10. The van der Waals surface area contributed by atoms with Crippen LogP contribution in [-0.4, -0.2) is 12.4 Å². The zero-order chi connectivity index (χ0) is 7.44. The van der Waals surface area contributed by atoms with Crippen LogP contribution in [0.1, 0.15) is 0 Å².